The Hall–Kier alpha value is -3.06. The van der Waals surface area contributed by atoms with Crippen LogP contribution in [-0.4, -0.2) is 28.1 Å². The average molecular weight is 504 g/mol. The Balaban J connectivity index is 1.80. The summed E-state index contributed by atoms with van der Waals surface area (Å²) in [6.07, 6.45) is -0.170. The van der Waals surface area contributed by atoms with Crippen molar-refractivity contribution in [1.29, 1.82) is 5.41 Å². The van der Waals surface area contributed by atoms with Crippen molar-refractivity contribution in [2.45, 2.75) is 15.9 Å². The van der Waals surface area contributed by atoms with Crippen LogP contribution in [0.5, 0.6) is 0 Å². The standard InChI is InChI=1S/C24H21Cl3N4O2/c25-24(26,27)22(31-23(33)29-19-13-7-8-16(14-19)15-28)30-21(32)20(17-9-3-1-4-10-17)18-11-5-2-6-12-18/h1-15,20,22,28H,(H,30,32)(H2,29,31,33). The van der Waals surface area contributed by atoms with Gasteiger partial charge in [0.25, 0.3) is 0 Å². The van der Waals surface area contributed by atoms with E-state index in [1.807, 2.05) is 60.7 Å². The summed E-state index contributed by atoms with van der Waals surface area (Å²) in [5.41, 5.74) is 2.54. The maximum Gasteiger partial charge on any atom is 0.320 e. The number of halogens is 3. The first-order chi connectivity index (χ1) is 15.8. The van der Waals surface area contributed by atoms with Gasteiger partial charge in [0, 0.05) is 11.9 Å². The minimum atomic E-state index is -2.03. The molecule has 170 valence electrons. The number of urea groups is 1. The van der Waals surface area contributed by atoms with Crippen molar-refractivity contribution < 1.29 is 9.59 Å². The summed E-state index contributed by atoms with van der Waals surface area (Å²) in [6.45, 7) is 0. The summed E-state index contributed by atoms with van der Waals surface area (Å²) in [5, 5.41) is 15.1. The molecule has 3 aromatic carbocycles. The van der Waals surface area contributed by atoms with Gasteiger partial charge in [-0.2, -0.15) is 0 Å². The number of anilines is 1. The van der Waals surface area contributed by atoms with Gasteiger partial charge in [-0.15, -0.1) is 0 Å². The third kappa shape index (κ3) is 6.96. The molecule has 4 N–H and O–H groups in total. The molecule has 0 aliphatic carbocycles. The van der Waals surface area contributed by atoms with Crippen LogP contribution in [0.15, 0.2) is 84.9 Å². The van der Waals surface area contributed by atoms with Gasteiger partial charge in [0.1, 0.15) is 0 Å². The second-order valence-electron chi connectivity index (χ2n) is 7.11. The third-order valence-corrected chi connectivity index (χ3v) is 5.38. The van der Waals surface area contributed by atoms with Gasteiger partial charge in [-0.3, -0.25) is 4.79 Å². The number of rotatable bonds is 7. The summed E-state index contributed by atoms with van der Waals surface area (Å²) in [5.74, 6) is -1.13. The maximum absolute atomic E-state index is 13.3. The summed E-state index contributed by atoms with van der Waals surface area (Å²) in [4.78, 5) is 25.9. The maximum atomic E-state index is 13.3. The normalized spacial score (nSPS) is 12.0. The Morgan fingerprint density at radius 3 is 1.91 bits per heavy atom. The Labute approximate surface area is 206 Å². The van der Waals surface area contributed by atoms with Crippen LogP contribution in [0.1, 0.15) is 22.6 Å². The molecule has 9 heteroatoms. The van der Waals surface area contributed by atoms with E-state index in [9.17, 15) is 9.59 Å². The molecule has 3 amide bonds. The van der Waals surface area contributed by atoms with Crippen LogP contribution in [0.4, 0.5) is 10.5 Å². The van der Waals surface area contributed by atoms with Gasteiger partial charge < -0.3 is 21.4 Å². The van der Waals surface area contributed by atoms with Crippen LogP contribution >= 0.6 is 34.8 Å². The second-order valence-corrected chi connectivity index (χ2v) is 9.47. The molecule has 3 aromatic rings. The zero-order chi connectivity index (χ0) is 23.8. The molecule has 0 aliphatic heterocycles. The first-order valence-corrected chi connectivity index (χ1v) is 11.1. The molecule has 0 saturated carbocycles. The first-order valence-electron chi connectivity index (χ1n) is 9.93. The molecule has 3 rings (SSSR count). The molecule has 0 saturated heterocycles. The fraction of sp³-hybridized carbons (Fsp3) is 0.125. The minimum Gasteiger partial charge on any atom is -0.331 e. The highest BCUT2D eigenvalue weighted by Crippen LogP contribution is 2.31. The van der Waals surface area contributed by atoms with Crippen LogP contribution in [-0.2, 0) is 4.79 Å². The molecular weight excluding hydrogens is 483 g/mol. The third-order valence-electron chi connectivity index (χ3n) is 4.73. The minimum absolute atomic E-state index is 0.439. The van der Waals surface area contributed by atoms with Crippen molar-refractivity contribution in [3.05, 3.63) is 102 Å². The molecule has 0 spiro atoms. The molecule has 0 fully saturated rings. The SMILES string of the molecule is N=Cc1cccc(NC(=O)NC(NC(=O)C(c2ccccc2)c2ccccc2)C(Cl)(Cl)Cl)c1. The lowest BCUT2D eigenvalue weighted by atomic mass is 9.90. The summed E-state index contributed by atoms with van der Waals surface area (Å²) in [7, 11) is 0. The average Bonchev–Trinajstić information content (AvgIpc) is 2.80. The van der Waals surface area contributed by atoms with E-state index >= 15 is 0 Å². The zero-order valence-electron chi connectivity index (χ0n) is 17.3. The fourth-order valence-electron chi connectivity index (χ4n) is 3.22. The van der Waals surface area contributed by atoms with E-state index in [4.69, 9.17) is 40.2 Å². The van der Waals surface area contributed by atoms with Crippen molar-refractivity contribution in [3.63, 3.8) is 0 Å². The molecule has 0 bridgehead atoms. The monoisotopic (exact) mass is 502 g/mol. The Morgan fingerprint density at radius 2 is 1.39 bits per heavy atom. The van der Waals surface area contributed by atoms with Crippen LogP contribution in [0.2, 0.25) is 0 Å². The number of benzene rings is 3. The number of nitrogens with one attached hydrogen (secondary N) is 4. The number of amides is 3. The van der Waals surface area contributed by atoms with Crippen molar-refractivity contribution in [2.75, 3.05) is 5.32 Å². The van der Waals surface area contributed by atoms with Gasteiger partial charge in [0.15, 0.2) is 6.17 Å². The van der Waals surface area contributed by atoms with Gasteiger partial charge in [-0.1, -0.05) is 108 Å². The van der Waals surface area contributed by atoms with Crippen LogP contribution in [0, 0.1) is 5.41 Å². The Bertz CT molecular complexity index is 1070. The molecule has 6 nitrogen and oxygen atoms in total. The Morgan fingerprint density at radius 1 is 0.818 bits per heavy atom. The van der Waals surface area contributed by atoms with E-state index in [0.717, 1.165) is 17.3 Å². The predicted molar refractivity (Wildman–Crippen MR) is 133 cm³/mol. The molecule has 33 heavy (non-hydrogen) atoms. The summed E-state index contributed by atoms with van der Waals surface area (Å²) < 4.78 is -2.03. The largest absolute Gasteiger partial charge is 0.331 e. The number of carbonyl (C=O) groups excluding carboxylic acids is 2. The van der Waals surface area contributed by atoms with Gasteiger partial charge in [-0.05, 0) is 28.8 Å². The molecule has 0 heterocycles. The smallest absolute Gasteiger partial charge is 0.320 e. The second kappa shape index (κ2) is 11.2. The van der Waals surface area contributed by atoms with E-state index < -0.39 is 27.8 Å². The lowest BCUT2D eigenvalue weighted by Gasteiger charge is -2.28. The quantitative estimate of drug-likeness (QED) is 0.196. The Kier molecular flexibility index (Phi) is 8.33. The zero-order valence-corrected chi connectivity index (χ0v) is 19.5. The number of alkyl halides is 3. The van der Waals surface area contributed by atoms with Crippen molar-refractivity contribution in [3.8, 4) is 0 Å². The highest BCUT2D eigenvalue weighted by molar-refractivity contribution is 6.68. The highest BCUT2D eigenvalue weighted by Gasteiger charge is 2.37. The van der Waals surface area contributed by atoms with Crippen LogP contribution in [0.25, 0.3) is 0 Å². The van der Waals surface area contributed by atoms with E-state index in [0.29, 0.717) is 11.3 Å². The molecule has 1 unspecified atom stereocenters. The van der Waals surface area contributed by atoms with Crippen LogP contribution in [0.3, 0.4) is 0 Å². The lowest BCUT2D eigenvalue weighted by Crippen LogP contribution is -2.57. The number of hydrogen-bond acceptors (Lipinski definition) is 3. The molecule has 0 aliphatic rings. The van der Waals surface area contributed by atoms with Gasteiger partial charge in [0.05, 0.1) is 5.92 Å². The topological polar surface area (TPSA) is 94.1 Å². The van der Waals surface area contributed by atoms with E-state index in [1.165, 1.54) is 0 Å². The van der Waals surface area contributed by atoms with Crippen LogP contribution < -0.4 is 16.0 Å². The number of carbonyl (C=O) groups is 2. The predicted octanol–water partition coefficient (Wildman–Crippen LogP) is 5.45. The highest BCUT2D eigenvalue weighted by atomic mass is 35.6. The first kappa shape index (κ1) is 24.6. The van der Waals surface area contributed by atoms with Gasteiger partial charge in [0.2, 0.25) is 9.70 Å². The van der Waals surface area contributed by atoms with Gasteiger partial charge in [-0.25, -0.2) is 4.79 Å². The summed E-state index contributed by atoms with van der Waals surface area (Å²) >= 11 is 18.2. The molecule has 0 aromatic heterocycles. The van der Waals surface area contributed by atoms with E-state index in [1.54, 1.807) is 24.3 Å². The lowest BCUT2D eigenvalue weighted by molar-refractivity contribution is -0.122. The van der Waals surface area contributed by atoms with Crippen molar-refractivity contribution in [1.82, 2.24) is 10.6 Å². The van der Waals surface area contributed by atoms with Gasteiger partial charge >= 0.3 is 6.03 Å². The molecular formula is C24H21Cl3N4O2. The van der Waals surface area contributed by atoms with Crippen molar-refractivity contribution >= 4 is 58.6 Å². The molecule has 1 atom stereocenters. The summed E-state index contributed by atoms with van der Waals surface area (Å²) in [6, 6.07) is 24.3. The fourth-order valence-corrected chi connectivity index (χ4v) is 3.54. The van der Waals surface area contributed by atoms with Crippen molar-refractivity contribution in [2.24, 2.45) is 0 Å². The molecule has 0 radical (unpaired) electrons. The number of hydrogen-bond donors (Lipinski definition) is 4. The van der Waals surface area contributed by atoms with E-state index in [2.05, 4.69) is 16.0 Å². The van der Waals surface area contributed by atoms with E-state index in [-0.39, 0.29) is 0 Å².